The number of morpholine rings is 1. The molecule has 2 heterocycles. The van der Waals surface area contributed by atoms with Crippen LogP contribution < -0.4 is 10.6 Å². The average molecular weight is 269 g/mol. The molecule has 2 saturated heterocycles. The van der Waals surface area contributed by atoms with Crippen LogP contribution in [0.15, 0.2) is 0 Å². The molecule has 2 rings (SSSR count). The molecule has 2 aliphatic rings. The van der Waals surface area contributed by atoms with Crippen molar-refractivity contribution in [3.63, 3.8) is 0 Å². The fourth-order valence-corrected chi connectivity index (χ4v) is 2.96. The molecule has 0 spiro atoms. The Morgan fingerprint density at radius 3 is 3.00 bits per heavy atom. The van der Waals surface area contributed by atoms with Gasteiger partial charge in [0.15, 0.2) is 0 Å². The highest BCUT2D eigenvalue weighted by molar-refractivity contribution is 5.85. The second kappa shape index (κ2) is 6.20. The van der Waals surface area contributed by atoms with E-state index in [0.717, 1.165) is 19.7 Å². The largest absolute Gasteiger partial charge is 0.373 e. The molecule has 0 aromatic heterocycles. The van der Waals surface area contributed by atoms with Gasteiger partial charge in [-0.15, -0.1) is 0 Å². The summed E-state index contributed by atoms with van der Waals surface area (Å²) in [6, 6.07) is 0.616. The molecule has 2 atom stereocenters. The van der Waals surface area contributed by atoms with Crippen molar-refractivity contribution in [2.45, 2.75) is 51.3 Å². The Morgan fingerprint density at radius 2 is 2.26 bits per heavy atom. The average Bonchev–Trinajstić information content (AvgIpc) is 2.83. The molecule has 2 aliphatic heterocycles. The van der Waals surface area contributed by atoms with Crippen LogP contribution >= 0.6 is 0 Å². The van der Waals surface area contributed by atoms with Gasteiger partial charge in [0.2, 0.25) is 5.91 Å². The first-order valence-corrected chi connectivity index (χ1v) is 7.42. The highest BCUT2D eigenvalue weighted by Gasteiger charge is 2.33. The third-order valence-corrected chi connectivity index (χ3v) is 4.14. The van der Waals surface area contributed by atoms with Gasteiger partial charge in [0.1, 0.15) is 0 Å². The SMILES string of the molecule is CCNC(C)(C)C(=O)NCC1CN2CCCC2CO1. The van der Waals surface area contributed by atoms with Crippen molar-refractivity contribution in [3.8, 4) is 0 Å². The van der Waals surface area contributed by atoms with E-state index in [4.69, 9.17) is 4.74 Å². The van der Waals surface area contributed by atoms with E-state index in [-0.39, 0.29) is 12.0 Å². The summed E-state index contributed by atoms with van der Waals surface area (Å²) in [5.74, 6) is 0.0431. The van der Waals surface area contributed by atoms with Gasteiger partial charge in [0.25, 0.3) is 0 Å². The van der Waals surface area contributed by atoms with Crippen LogP contribution in [0.4, 0.5) is 0 Å². The van der Waals surface area contributed by atoms with Gasteiger partial charge in [-0.2, -0.15) is 0 Å². The number of amides is 1. The molecular weight excluding hydrogens is 242 g/mol. The van der Waals surface area contributed by atoms with Gasteiger partial charge in [-0.1, -0.05) is 6.92 Å². The molecule has 0 bridgehead atoms. The number of likely N-dealkylation sites (N-methyl/N-ethyl adjacent to an activating group) is 1. The van der Waals surface area contributed by atoms with E-state index in [1.54, 1.807) is 0 Å². The minimum Gasteiger partial charge on any atom is -0.373 e. The Balaban J connectivity index is 1.75. The number of carbonyl (C=O) groups is 1. The van der Waals surface area contributed by atoms with Crippen LogP contribution in [0.2, 0.25) is 0 Å². The molecule has 0 aromatic carbocycles. The molecule has 5 nitrogen and oxygen atoms in total. The van der Waals surface area contributed by atoms with Gasteiger partial charge in [0.05, 0.1) is 18.2 Å². The molecule has 2 unspecified atom stereocenters. The third-order valence-electron chi connectivity index (χ3n) is 4.14. The Labute approximate surface area is 116 Å². The Morgan fingerprint density at radius 1 is 1.47 bits per heavy atom. The number of rotatable bonds is 5. The molecule has 0 radical (unpaired) electrons. The van der Waals surface area contributed by atoms with Gasteiger partial charge in [0, 0.05) is 19.1 Å². The van der Waals surface area contributed by atoms with Crippen LogP contribution in [0.3, 0.4) is 0 Å². The summed E-state index contributed by atoms with van der Waals surface area (Å²) < 4.78 is 5.84. The van der Waals surface area contributed by atoms with Crippen LogP contribution in [-0.2, 0) is 9.53 Å². The van der Waals surface area contributed by atoms with Crippen LogP contribution in [0.25, 0.3) is 0 Å². The minimum absolute atomic E-state index is 0.0431. The van der Waals surface area contributed by atoms with E-state index in [1.807, 2.05) is 20.8 Å². The van der Waals surface area contributed by atoms with Crippen molar-refractivity contribution in [3.05, 3.63) is 0 Å². The van der Waals surface area contributed by atoms with Crippen molar-refractivity contribution in [2.75, 3.05) is 32.8 Å². The maximum absolute atomic E-state index is 12.1. The first kappa shape index (κ1) is 14.8. The van der Waals surface area contributed by atoms with Crippen molar-refractivity contribution in [1.82, 2.24) is 15.5 Å². The standard InChI is InChI=1S/C14H27N3O2/c1-4-16-14(2,3)13(18)15-8-12-9-17-7-5-6-11(17)10-19-12/h11-12,16H,4-10H2,1-3H3,(H,15,18). The predicted molar refractivity (Wildman–Crippen MR) is 75.1 cm³/mol. The molecule has 2 fully saturated rings. The molecule has 0 saturated carbocycles. The third kappa shape index (κ3) is 3.68. The van der Waals surface area contributed by atoms with Crippen LogP contribution in [0, 0.1) is 0 Å². The molecule has 5 heteroatoms. The van der Waals surface area contributed by atoms with Gasteiger partial charge >= 0.3 is 0 Å². The lowest BCUT2D eigenvalue weighted by atomic mass is 10.0. The minimum atomic E-state index is -0.514. The monoisotopic (exact) mass is 269 g/mol. The second-order valence-electron chi connectivity index (χ2n) is 6.11. The van der Waals surface area contributed by atoms with Crippen molar-refractivity contribution >= 4 is 5.91 Å². The van der Waals surface area contributed by atoms with Crippen LogP contribution in [0.5, 0.6) is 0 Å². The Kier molecular flexibility index (Phi) is 4.81. The lowest BCUT2D eigenvalue weighted by molar-refractivity contribution is -0.127. The highest BCUT2D eigenvalue weighted by atomic mass is 16.5. The number of hydrogen-bond acceptors (Lipinski definition) is 4. The summed E-state index contributed by atoms with van der Waals surface area (Å²) in [5, 5.41) is 6.19. The zero-order chi connectivity index (χ0) is 13.9. The second-order valence-corrected chi connectivity index (χ2v) is 6.11. The van der Waals surface area contributed by atoms with E-state index in [0.29, 0.717) is 12.6 Å². The smallest absolute Gasteiger partial charge is 0.239 e. The predicted octanol–water partition coefficient (Wildman–Crippen LogP) is 0.354. The first-order valence-electron chi connectivity index (χ1n) is 7.42. The number of nitrogens with one attached hydrogen (secondary N) is 2. The molecule has 19 heavy (non-hydrogen) atoms. The number of ether oxygens (including phenoxy) is 1. The van der Waals surface area contributed by atoms with Gasteiger partial charge < -0.3 is 15.4 Å². The highest BCUT2D eigenvalue weighted by Crippen LogP contribution is 2.22. The van der Waals surface area contributed by atoms with Crippen LogP contribution in [0.1, 0.15) is 33.6 Å². The van der Waals surface area contributed by atoms with Crippen LogP contribution in [-0.4, -0.2) is 61.3 Å². The number of hydrogen-bond donors (Lipinski definition) is 2. The summed E-state index contributed by atoms with van der Waals surface area (Å²) in [5.41, 5.74) is -0.514. The molecule has 0 aromatic rings. The van der Waals surface area contributed by atoms with Gasteiger partial charge in [-0.05, 0) is 39.8 Å². The lowest BCUT2D eigenvalue weighted by Gasteiger charge is -2.35. The summed E-state index contributed by atoms with van der Waals surface area (Å²) in [7, 11) is 0. The van der Waals surface area contributed by atoms with E-state index < -0.39 is 5.54 Å². The maximum atomic E-state index is 12.1. The topological polar surface area (TPSA) is 53.6 Å². The quantitative estimate of drug-likeness (QED) is 0.756. The van der Waals surface area contributed by atoms with Gasteiger partial charge in [-0.3, -0.25) is 9.69 Å². The Bertz CT molecular complexity index is 320. The first-order chi connectivity index (χ1) is 9.03. The van der Waals surface area contributed by atoms with Gasteiger partial charge in [-0.25, -0.2) is 0 Å². The maximum Gasteiger partial charge on any atom is 0.239 e. The van der Waals surface area contributed by atoms with Crippen molar-refractivity contribution in [1.29, 1.82) is 0 Å². The zero-order valence-electron chi connectivity index (χ0n) is 12.4. The molecular formula is C14H27N3O2. The zero-order valence-corrected chi connectivity index (χ0v) is 12.4. The summed E-state index contributed by atoms with van der Waals surface area (Å²) in [6.45, 7) is 10.2. The number of fused-ring (bicyclic) bond motifs is 1. The number of carbonyl (C=O) groups excluding carboxylic acids is 1. The summed E-state index contributed by atoms with van der Waals surface area (Å²) in [6.07, 6.45) is 2.67. The van der Waals surface area contributed by atoms with E-state index in [2.05, 4.69) is 15.5 Å². The summed E-state index contributed by atoms with van der Waals surface area (Å²) >= 11 is 0. The van der Waals surface area contributed by atoms with E-state index in [1.165, 1.54) is 19.4 Å². The lowest BCUT2D eigenvalue weighted by Crippen LogP contribution is -2.56. The summed E-state index contributed by atoms with van der Waals surface area (Å²) in [4.78, 5) is 14.6. The number of nitrogens with zero attached hydrogens (tertiary/aromatic N) is 1. The van der Waals surface area contributed by atoms with Crippen molar-refractivity contribution in [2.24, 2.45) is 0 Å². The molecule has 1 amide bonds. The molecule has 0 aliphatic carbocycles. The normalized spacial score (nSPS) is 28.2. The molecule has 110 valence electrons. The fraction of sp³-hybridized carbons (Fsp3) is 0.929. The van der Waals surface area contributed by atoms with Crippen molar-refractivity contribution < 1.29 is 9.53 Å². The van der Waals surface area contributed by atoms with E-state index >= 15 is 0 Å². The molecule has 2 N–H and O–H groups in total. The fourth-order valence-electron chi connectivity index (χ4n) is 2.96. The Hall–Kier alpha value is -0.650. The van der Waals surface area contributed by atoms with E-state index in [9.17, 15) is 4.79 Å².